The molecule has 1 aliphatic carbocycles. The second-order valence-electron chi connectivity index (χ2n) is 5.56. The summed E-state index contributed by atoms with van der Waals surface area (Å²) in [4.78, 5) is 4.42. The van der Waals surface area contributed by atoms with E-state index >= 15 is 0 Å². The zero-order chi connectivity index (χ0) is 12.9. The van der Waals surface area contributed by atoms with Crippen molar-refractivity contribution in [2.45, 2.75) is 51.1 Å². The molecule has 0 radical (unpaired) electrons. The Bertz CT molecular complexity index is 522. The van der Waals surface area contributed by atoms with Gasteiger partial charge >= 0.3 is 0 Å². The molecular formula is C17H22N2. The number of para-hydroxylation sites is 1. The Labute approximate surface area is 115 Å². The Morgan fingerprint density at radius 1 is 1.00 bits per heavy atom. The van der Waals surface area contributed by atoms with Crippen LogP contribution in [0.1, 0.15) is 44.1 Å². The lowest BCUT2D eigenvalue weighted by Gasteiger charge is -2.16. The maximum Gasteiger partial charge on any atom is 0.0705 e. The number of nitrogens with one attached hydrogen (secondary N) is 1. The average molecular weight is 254 g/mol. The number of hydrogen-bond donors (Lipinski definition) is 1. The lowest BCUT2D eigenvalue weighted by Crippen LogP contribution is -2.27. The summed E-state index contributed by atoms with van der Waals surface area (Å²) in [6, 6.07) is 11.3. The van der Waals surface area contributed by atoms with Gasteiger partial charge in [0.15, 0.2) is 0 Å². The summed E-state index contributed by atoms with van der Waals surface area (Å²) in [6.45, 7) is 0.966. The average Bonchev–Trinajstić information content (AvgIpc) is 2.74. The number of aromatic nitrogens is 1. The van der Waals surface area contributed by atoms with E-state index in [9.17, 15) is 0 Å². The van der Waals surface area contributed by atoms with Gasteiger partial charge in [0.1, 0.15) is 0 Å². The van der Waals surface area contributed by atoms with Crippen LogP contribution in [0, 0.1) is 0 Å². The highest BCUT2D eigenvalue weighted by Gasteiger charge is 2.11. The summed E-state index contributed by atoms with van der Waals surface area (Å²) in [5, 5.41) is 5.03. The monoisotopic (exact) mass is 254 g/mol. The van der Waals surface area contributed by atoms with Gasteiger partial charge in [0.25, 0.3) is 0 Å². The van der Waals surface area contributed by atoms with Crippen molar-refractivity contribution >= 4 is 10.9 Å². The molecule has 0 bridgehead atoms. The van der Waals surface area contributed by atoms with Crippen LogP contribution in [0.15, 0.2) is 36.5 Å². The second-order valence-corrected chi connectivity index (χ2v) is 5.56. The van der Waals surface area contributed by atoms with Crippen LogP contribution in [0.25, 0.3) is 10.9 Å². The molecule has 0 amide bonds. The van der Waals surface area contributed by atoms with Crippen LogP contribution >= 0.6 is 0 Å². The molecule has 0 saturated heterocycles. The molecule has 100 valence electrons. The fraction of sp³-hybridized carbons (Fsp3) is 0.471. The van der Waals surface area contributed by atoms with Crippen LogP contribution in [0.5, 0.6) is 0 Å². The Hall–Kier alpha value is -1.41. The second kappa shape index (κ2) is 6.16. The van der Waals surface area contributed by atoms with E-state index in [4.69, 9.17) is 0 Å². The molecule has 0 atom stereocenters. The first-order valence-corrected chi connectivity index (χ1v) is 7.49. The summed E-state index contributed by atoms with van der Waals surface area (Å²) in [5.74, 6) is 0. The smallest absolute Gasteiger partial charge is 0.0705 e. The molecule has 0 aliphatic heterocycles. The summed E-state index contributed by atoms with van der Waals surface area (Å²) < 4.78 is 0. The minimum Gasteiger partial charge on any atom is -0.310 e. The number of fused-ring (bicyclic) bond motifs is 1. The molecule has 1 fully saturated rings. The Kier molecular flexibility index (Phi) is 4.09. The molecule has 2 nitrogen and oxygen atoms in total. The SMILES string of the molecule is c1ccc2c(CNC3CCCCCC3)ccnc2c1. The molecule has 1 aromatic carbocycles. The lowest BCUT2D eigenvalue weighted by atomic mass is 10.1. The molecule has 0 unspecified atom stereocenters. The van der Waals surface area contributed by atoms with E-state index in [1.54, 1.807) is 0 Å². The molecule has 1 saturated carbocycles. The van der Waals surface area contributed by atoms with Crippen molar-refractivity contribution in [2.75, 3.05) is 0 Å². The van der Waals surface area contributed by atoms with Crippen LogP contribution in [0.4, 0.5) is 0 Å². The zero-order valence-corrected chi connectivity index (χ0v) is 11.4. The maximum absolute atomic E-state index is 4.42. The van der Waals surface area contributed by atoms with Gasteiger partial charge in [0.05, 0.1) is 5.52 Å². The van der Waals surface area contributed by atoms with Gasteiger partial charge in [0.2, 0.25) is 0 Å². The van der Waals surface area contributed by atoms with Crippen LogP contribution in [0.2, 0.25) is 0 Å². The van der Waals surface area contributed by atoms with Crippen molar-refractivity contribution in [3.63, 3.8) is 0 Å². The molecule has 2 heteroatoms. The third-order valence-electron chi connectivity index (χ3n) is 4.18. The predicted octanol–water partition coefficient (Wildman–Crippen LogP) is 4.05. The van der Waals surface area contributed by atoms with Crippen molar-refractivity contribution in [1.82, 2.24) is 10.3 Å². The first-order valence-electron chi connectivity index (χ1n) is 7.49. The molecule has 19 heavy (non-hydrogen) atoms. The number of pyridine rings is 1. The largest absolute Gasteiger partial charge is 0.310 e. The molecule has 2 aromatic rings. The lowest BCUT2D eigenvalue weighted by molar-refractivity contribution is 0.460. The van der Waals surface area contributed by atoms with Gasteiger partial charge in [0, 0.05) is 24.2 Å². The van der Waals surface area contributed by atoms with E-state index in [2.05, 4.69) is 40.6 Å². The van der Waals surface area contributed by atoms with Gasteiger partial charge in [-0.2, -0.15) is 0 Å². The molecule has 1 aromatic heterocycles. The number of hydrogen-bond acceptors (Lipinski definition) is 2. The fourth-order valence-electron chi connectivity index (χ4n) is 3.05. The van der Waals surface area contributed by atoms with E-state index in [1.165, 1.54) is 49.5 Å². The van der Waals surface area contributed by atoms with Gasteiger partial charge in [-0.05, 0) is 30.5 Å². The highest BCUT2D eigenvalue weighted by Crippen LogP contribution is 2.19. The topological polar surface area (TPSA) is 24.9 Å². The van der Waals surface area contributed by atoms with Gasteiger partial charge in [-0.3, -0.25) is 4.98 Å². The number of benzene rings is 1. The third kappa shape index (κ3) is 3.13. The summed E-state index contributed by atoms with van der Waals surface area (Å²) in [6.07, 6.45) is 10.2. The molecule has 1 aliphatic rings. The molecule has 1 heterocycles. The minimum absolute atomic E-state index is 0.703. The number of rotatable bonds is 3. The van der Waals surface area contributed by atoms with Gasteiger partial charge < -0.3 is 5.32 Å². The highest BCUT2D eigenvalue weighted by molar-refractivity contribution is 5.81. The number of nitrogens with zero attached hydrogens (tertiary/aromatic N) is 1. The maximum atomic E-state index is 4.42. The standard InChI is InChI=1S/C17H22N2/c1-2-4-8-15(7-3-1)19-13-14-11-12-18-17-10-6-5-9-16(14)17/h5-6,9-12,15,19H,1-4,7-8,13H2. The Morgan fingerprint density at radius 2 is 1.79 bits per heavy atom. The summed E-state index contributed by atoms with van der Waals surface area (Å²) in [5.41, 5.74) is 2.47. The van der Waals surface area contributed by atoms with E-state index in [1.807, 2.05) is 6.20 Å². The fourth-order valence-corrected chi connectivity index (χ4v) is 3.05. The van der Waals surface area contributed by atoms with Crippen molar-refractivity contribution in [3.8, 4) is 0 Å². The first kappa shape index (κ1) is 12.6. The highest BCUT2D eigenvalue weighted by atomic mass is 14.9. The van der Waals surface area contributed by atoms with Crippen LogP contribution in [0.3, 0.4) is 0 Å². The zero-order valence-electron chi connectivity index (χ0n) is 11.4. The van der Waals surface area contributed by atoms with Gasteiger partial charge in [-0.15, -0.1) is 0 Å². The molecular weight excluding hydrogens is 232 g/mol. The Balaban J connectivity index is 1.71. The van der Waals surface area contributed by atoms with Gasteiger partial charge in [-0.1, -0.05) is 43.9 Å². The van der Waals surface area contributed by atoms with E-state index < -0.39 is 0 Å². The predicted molar refractivity (Wildman–Crippen MR) is 80.1 cm³/mol. The molecule has 3 rings (SSSR count). The normalized spacial score (nSPS) is 17.5. The van der Waals surface area contributed by atoms with E-state index in [0.717, 1.165) is 12.1 Å². The van der Waals surface area contributed by atoms with Crippen molar-refractivity contribution in [2.24, 2.45) is 0 Å². The van der Waals surface area contributed by atoms with E-state index in [0.29, 0.717) is 6.04 Å². The summed E-state index contributed by atoms with van der Waals surface area (Å²) in [7, 11) is 0. The first-order chi connectivity index (χ1) is 9.43. The minimum atomic E-state index is 0.703. The third-order valence-corrected chi connectivity index (χ3v) is 4.18. The quantitative estimate of drug-likeness (QED) is 0.836. The van der Waals surface area contributed by atoms with Gasteiger partial charge in [-0.25, -0.2) is 0 Å². The van der Waals surface area contributed by atoms with Crippen molar-refractivity contribution < 1.29 is 0 Å². The Morgan fingerprint density at radius 3 is 2.63 bits per heavy atom. The van der Waals surface area contributed by atoms with Crippen LogP contribution < -0.4 is 5.32 Å². The molecule has 0 spiro atoms. The van der Waals surface area contributed by atoms with Crippen LogP contribution in [-0.2, 0) is 6.54 Å². The van der Waals surface area contributed by atoms with Crippen molar-refractivity contribution in [3.05, 3.63) is 42.1 Å². The van der Waals surface area contributed by atoms with Crippen LogP contribution in [-0.4, -0.2) is 11.0 Å². The van der Waals surface area contributed by atoms with Crippen molar-refractivity contribution in [1.29, 1.82) is 0 Å². The van der Waals surface area contributed by atoms with E-state index in [-0.39, 0.29) is 0 Å². The summed E-state index contributed by atoms with van der Waals surface area (Å²) >= 11 is 0. The molecule has 1 N–H and O–H groups in total.